The fourth-order valence-electron chi connectivity index (χ4n) is 3.59. The largest absolute Gasteiger partial charge is 0.505 e. The number of aryl methyl sites for hydroxylation is 2. The fraction of sp³-hybridized carbons (Fsp3) is 0.714. The van der Waals surface area contributed by atoms with Crippen molar-refractivity contribution in [1.82, 2.24) is 9.13 Å². The second kappa shape index (κ2) is 12.6. The number of halogens is 6. The Hall–Kier alpha value is -2.10. The highest BCUT2D eigenvalue weighted by Crippen LogP contribution is 2.38. The highest BCUT2D eigenvalue weighted by molar-refractivity contribution is 7.95. The quantitative estimate of drug-likeness (QED) is 0.241. The van der Waals surface area contributed by atoms with Gasteiger partial charge in [-0.2, -0.15) is 26.3 Å². The number of rotatable bonds is 10. The maximum atomic E-state index is 12.8. The maximum Gasteiger partial charge on any atom is 0.505 e. The average molecular weight is 585 g/mol. The number of hydrogen-bond acceptors (Lipinski definition) is 4. The molecule has 8 nitrogen and oxygen atoms in total. The van der Waals surface area contributed by atoms with Gasteiger partial charge in [0, 0.05) is 6.92 Å². The van der Waals surface area contributed by atoms with Crippen molar-refractivity contribution in [3.05, 3.63) is 24.5 Å². The van der Waals surface area contributed by atoms with E-state index in [1.165, 1.54) is 45.1 Å². The molecule has 0 N–H and O–H groups in total. The third kappa shape index (κ3) is 7.71. The lowest BCUT2D eigenvalue weighted by Gasteiger charge is -2.09. The topological polar surface area (TPSA) is 85.9 Å². The summed E-state index contributed by atoms with van der Waals surface area (Å²) in [5, 5.41) is -3.92. The fourth-order valence-corrected chi connectivity index (χ4v) is 6.44. The Balaban J connectivity index is 0.000000417. The minimum atomic E-state index is -6.33. The number of alkyl halides is 6. The van der Waals surface area contributed by atoms with Crippen LogP contribution in [0.4, 0.5) is 26.3 Å². The number of aromatic nitrogens is 4. The first-order valence-electron chi connectivity index (χ1n) is 11.6. The molecule has 0 spiro atoms. The molecule has 214 valence electrons. The van der Waals surface area contributed by atoms with E-state index >= 15 is 0 Å². The van der Waals surface area contributed by atoms with Crippen LogP contribution in [-0.2, 0) is 46.9 Å². The Morgan fingerprint density at radius 1 is 0.838 bits per heavy atom. The molecule has 0 atom stereocenters. The Bertz CT molecular complexity index is 1250. The summed E-state index contributed by atoms with van der Waals surface area (Å²) in [6.07, 6.45) is 14.6. The van der Waals surface area contributed by atoms with E-state index in [2.05, 4.69) is 41.8 Å². The van der Waals surface area contributed by atoms with Gasteiger partial charge in [-0.1, -0.05) is 32.6 Å². The average Bonchev–Trinajstić information content (AvgIpc) is 3.30. The molecule has 0 unspecified atom stereocenters. The lowest BCUT2D eigenvalue weighted by Crippen LogP contribution is -2.41. The van der Waals surface area contributed by atoms with Crippen molar-refractivity contribution in [3.63, 3.8) is 0 Å². The molecular formula is C21H34F6N4O4S2+2. The number of hydrogen-bond donors (Lipinski definition) is 0. The summed E-state index contributed by atoms with van der Waals surface area (Å²) in [5.41, 5.74) is -11.9. The van der Waals surface area contributed by atoms with Crippen LogP contribution in [0.1, 0.15) is 58.2 Å². The van der Waals surface area contributed by atoms with Gasteiger partial charge in [-0.3, -0.25) is 0 Å². The number of unbranched alkanes of at least 4 members (excludes halogenated alkanes) is 5. The van der Waals surface area contributed by atoms with Crippen molar-refractivity contribution in [2.24, 2.45) is 14.1 Å². The Kier molecular flexibility index (Phi) is 11.2. The van der Waals surface area contributed by atoms with E-state index in [4.69, 9.17) is 0 Å². The molecule has 16 heteroatoms. The van der Waals surface area contributed by atoms with Gasteiger partial charge >= 0.3 is 30.7 Å². The van der Waals surface area contributed by atoms with Gasteiger partial charge in [-0.15, -0.1) is 0 Å². The minimum Gasteiger partial charge on any atom is -0.240 e. The van der Waals surface area contributed by atoms with Gasteiger partial charge in [0.15, 0.2) is 0 Å². The normalized spacial score (nSPS) is 12.9. The summed E-state index contributed by atoms with van der Waals surface area (Å²) < 4.78 is 128. The summed E-state index contributed by atoms with van der Waals surface area (Å²) >= 11 is 0. The van der Waals surface area contributed by atoms with E-state index in [9.17, 15) is 43.2 Å². The summed E-state index contributed by atoms with van der Waals surface area (Å²) in [6.45, 7) is 5.10. The molecule has 0 aliphatic rings. The zero-order valence-electron chi connectivity index (χ0n) is 21.4. The van der Waals surface area contributed by atoms with Crippen LogP contribution in [0, 0.1) is 6.92 Å². The van der Waals surface area contributed by atoms with Crippen molar-refractivity contribution in [3.8, 4) is 0 Å². The zero-order chi connectivity index (χ0) is 28.8. The summed E-state index contributed by atoms with van der Waals surface area (Å²) in [5.74, 6) is -0.404. The van der Waals surface area contributed by atoms with E-state index in [-0.39, 0.29) is 4.57 Å². The van der Waals surface area contributed by atoms with Gasteiger partial charge in [-0.05, 0) is 19.8 Å². The number of imidazole rings is 2. The predicted molar refractivity (Wildman–Crippen MR) is 121 cm³/mol. The van der Waals surface area contributed by atoms with Gasteiger partial charge in [-0.25, -0.2) is 35.1 Å². The van der Waals surface area contributed by atoms with E-state index in [1.807, 2.05) is 0 Å². The third-order valence-corrected chi connectivity index (χ3v) is 8.88. The predicted octanol–water partition coefficient (Wildman–Crippen LogP) is 3.90. The summed E-state index contributed by atoms with van der Waals surface area (Å²) in [4.78, 5) is 0. The molecule has 0 aliphatic carbocycles. The van der Waals surface area contributed by atoms with Gasteiger partial charge in [0.05, 0.1) is 27.2 Å². The first-order valence-corrected chi connectivity index (χ1v) is 14.5. The molecule has 0 saturated carbocycles. The second-order valence-corrected chi connectivity index (χ2v) is 12.2. The molecule has 37 heavy (non-hydrogen) atoms. The highest BCUT2D eigenvalue weighted by Gasteiger charge is 2.61. The van der Waals surface area contributed by atoms with Gasteiger partial charge in [0.2, 0.25) is 6.33 Å². The van der Waals surface area contributed by atoms with Gasteiger partial charge in [0.1, 0.15) is 12.4 Å². The van der Waals surface area contributed by atoms with Crippen LogP contribution in [0.25, 0.3) is 0 Å². The molecule has 2 heterocycles. The molecular weight excluding hydrogens is 550 g/mol. The van der Waals surface area contributed by atoms with E-state index in [1.54, 1.807) is 0 Å². The van der Waals surface area contributed by atoms with Crippen LogP contribution in [0.2, 0.25) is 0 Å². The van der Waals surface area contributed by atoms with E-state index < -0.39 is 53.1 Å². The van der Waals surface area contributed by atoms with Crippen LogP contribution < -0.4 is 9.13 Å². The molecule has 0 aliphatic heterocycles. The van der Waals surface area contributed by atoms with Crippen LogP contribution in [-0.4, -0.2) is 37.0 Å². The number of nitrogens with zero attached hydrogens (tertiary/aromatic N) is 4. The van der Waals surface area contributed by atoms with E-state index in [0.717, 1.165) is 20.9 Å². The van der Waals surface area contributed by atoms with E-state index in [0.29, 0.717) is 4.57 Å². The highest BCUT2D eigenvalue weighted by atomic mass is 32.2. The molecule has 0 fully saturated rings. The Labute approximate surface area is 213 Å². The van der Waals surface area contributed by atoms with Crippen molar-refractivity contribution in [1.29, 1.82) is 0 Å². The molecule has 0 saturated heterocycles. The molecule has 0 radical (unpaired) electrons. The second-order valence-electron chi connectivity index (χ2n) is 8.44. The van der Waals surface area contributed by atoms with Crippen LogP contribution in [0.3, 0.4) is 0 Å². The molecule has 2 aromatic heterocycles. The van der Waals surface area contributed by atoms with Crippen LogP contribution in [0.5, 0.6) is 0 Å². The molecule has 2 rings (SSSR count). The Morgan fingerprint density at radius 3 is 1.78 bits per heavy atom. The minimum absolute atomic E-state index is 0.255. The summed E-state index contributed by atoms with van der Waals surface area (Å²) in [6, 6.07) is 0. The first-order chi connectivity index (χ1) is 16.8. The lowest BCUT2D eigenvalue weighted by molar-refractivity contribution is -0.715. The SMILES string of the molecule is CCCCCCCCn1cc[n+](C)c1.CCn1c(S(=O)(=O)C(F)(F)F)c(S(=O)(=O)C(F)(F)F)[n+](C)c1C. The van der Waals surface area contributed by atoms with Gasteiger partial charge < -0.3 is 0 Å². The molecule has 0 bridgehead atoms. The molecule has 2 aromatic rings. The van der Waals surface area contributed by atoms with Gasteiger partial charge in [0.25, 0.3) is 15.9 Å². The molecule has 0 amide bonds. The molecule has 0 aromatic carbocycles. The van der Waals surface area contributed by atoms with Crippen LogP contribution >= 0.6 is 0 Å². The van der Waals surface area contributed by atoms with Crippen molar-refractivity contribution in [2.45, 2.75) is 93.5 Å². The van der Waals surface area contributed by atoms with Crippen LogP contribution in [0.15, 0.2) is 28.8 Å². The monoisotopic (exact) mass is 584 g/mol. The van der Waals surface area contributed by atoms with Crippen molar-refractivity contribution < 1.29 is 52.3 Å². The van der Waals surface area contributed by atoms with Crippen molar-refractivity contribution in [2.75, 3.05) is 0 Å². The smallest absolute Gasteiger partial charge is 0.240 e. The third-order valence-electron chi connectivity index (χ3n) is 5.64. The lowest BCUT2D eigenvalue weighted by atomic mass is 10.1. The Morgan fingerprint density at radius 2 is 1.35 bits per heavy atom. The number of sulfone groups is 2. The first kappa shape index (κ1) is 32.9. The standard InChI is InChI=1S/C12H23N2.C9H11F6N2O4S2/c1-3-4-5-6-7-8-9-14-11-10-13(2)12-14;1-4-17-5(2)16(3)6(22(18,19)8(10,11)12)7(17)23(20,21)9(13,14)15/h10-12H,3-9H2,1-2H3;4H2,1-3H3/q2*+1. The van der Waals surface area contributed by atoms with Crippen molar-refractivity contribution >= 4 is 19.7 Å². The maximum absolute atomic E-state index is 12.8. The zero-order valence-corrected chi connectivity index (χ0v) is 23.0. The summed E-state index contributed by atoms with van der Waals surface area (Å²) in [7, 11) is -9.86.